The Labute approximate surface area is 219 Å². The van der Waals surface area contributed by atoms with E-state index in [1.807, 2.05) is 55.6 Å². The van der Waals surface area contributed by atoms with Crippen LogP contribution in [-0.4, -0.2) is 47.5 Å². The van der Waals surface area contributed by atoms with E-state index in [2.05, 4.69) is 49.5 Å². The molecule has 0 amide bonds. The first-order valence-corrected chi connectivity index (χ1v) is 12.3. The summed E-state index contributed by atoms with van der Waals surface area (Å²) >= 11 is 0. The number of anilines is 2. The number of allylic oxidation sites excluding steroid dienone is 1. The second-order valence-corrected chi connectivity index (χ2v) is 9.05. The molecular formula is C29H26N8O. The van der Waals surface area contributed by atoms with Crippen LogP contribution >= 0.6 is 0 Å². The molecule has 5 aromatic rings. The lowest BCUT2D eigenvalue weighted by atomic mass is 10.0. The van der Waals surface area contributed by atoms with Crippen molar-refractivity contribution in [3.8, 4) is 11.5 Å². The number of hydrogen-bond acceptors (Lipinski definition) is 8. The minimum atomic E-state index is 0.644. The van der Waals surface area contributed by atoms with Crippen LogP contribution in [-0.2, 0) is 0 Å². The van der Waals surface area contributed by atoms with Gasteiger partial charge in [0.2, 0.25) is 0 Å². The molecule has 0 saturated heterocycles. The van der Waals surface area contributed by atoms with Crippen molar-refractivity contribution in [1.82, 2.24) is 34.4 Å². The monoisotopic (exact) mass is 502 g/mol. The third kappa shape index (κ3) is 4.57. The van der Waals surface area contributed by atoms with Crippen molar-refractivity contribution >= 4 is 33.8 Å². The number of hydrogen-bond donors (Lipinski definition) is 1. The molecule has 38 heavy (non-hydrogen) atoms. The van der Waals surface area contributed by atoms with Gasteiger partial charge >= 0.3 is 0 Å². The van der Waals surface area contributed by atoms with Gasteiger partial charge in [-0.05, 0) is 67.0 Å². The first kappa shape index (κ1) is 23.4. The summed E-state index contributed by atoms with van der Waals surface area (Å²) in [5.74, 6) is 2.09. The highest BCUT2D eigenvalue weighted by molar-refractivity contribution is 5.88. The average molecular weight is 503 g/mol. The highest BCUT2D eigenvalue weighted by Crippen LogP contribution is 2.30. The van der Waals surface area contributed by atoms with Gasteiger partial charge in [-0.25, -0.2) is 24.5 Å². The lowest BCUT2D eigenvalue weighted by molar-refractivity contribution is 0.395. The molecule has 0 saturated carbocycles. The van der Waals surface area contributed by atoms with Crippen LogP contribution in [0.5, 0.6) is 11.5 Å². The standard InChI is InChI=1S/C29H26N8O/c1-4-20(3)36-12-5-6-21(16-36)24-8-9-25-28(35-24)29(32-17-30-25)34-22-7-10-26(19(2)14-22)38-23-11-13-37-27(15-23)31-18-33-37/h4,6-11,13-15,17-18H,1,3,5,12,16H2,2H3,(H,30,32,34). The van der Waals surface area contributed by atoms with Crippen molar-refractivity contribution in [2.45, 2.75) is 13.3 Å². The predicted octanol–water partition coefficient (Wildman–Crippen LogP) is 5.70. The smallest absolute Gasteiger partial charge is 0.160 e. The number of aromatic nitrogens is 6. The second kappa shape index (κ2) is 9.78. The van der Waals surface area contributed by atoms with E-state index in [1.54, 1.807) is 16.9 Å². The largest absolute Gasteiger partial charge is 0.457 e. The van der Waals surface area contributed by atoms with Gasteiger partial charge in [-0.3, -0.25) is 0 Å². The topological polar surface area (TPSA) is 93.4 Å². The second-order valence-electron chi connectivity index (χ2n) is 9.05. The fraction of sp³-hybridized carbons (Fsp3) is 0.138. The summed E-state index contributed by atoms with van der Waals surface area (Å²) in [6, 6.07) is 13.6. The zero-order chi connectivity index (χ0) is 26.1. The number of benzene rings is 1. The molecule has 0 unspecified atom stereocenters. The van der Waals surface area contributed by atoms with E-state index in [1.165, 1.54) is 6.33 Å². The molecule has 0 fully saturated rings. The Balaban J connectivity index is 1.25. The maximum Gasteiger partial charge on any atom is 0.160 e. The van der Waals surface area contributed by atoms with Crippen LogP contribution in [0.3, 0.4) is 0 Å². The Morgan fingerprint density at radius 3 is 2.87 bits per heavy atom. The molecule has 9 heteroatoms. The van der Waals surface area contributed by atoms with E-state index >= 15 is 0 Å². The number of pyridine rings is 2. The van der Waals surface area contributed by atoms with Crippen LogP contribution < -0.4 is 10.1 Å². The third-order valence-corrected chi connectivity index (χ3v) is 6.52. The maximum atomic E-state index is 6.11. The fourth-order valence-electron chi connectivity index (χ4n) is 4.48. The zero-order valence-electron chi connectivity index (χ0n) is 21.0. The van der Waals surface area contributed by atoms with Crippen LogP contribution in [0.1, 0.15) is 17.7 Å². The highest BCUT2D eigenvalue weighted by atomic mass is 16.5. The van der Waals surface area contributed by atoms with Gasteiger partial charge in [-0.15, -0.1) is 0 Å². The third-order valence-electron chi connectivity index (χ3n) is 6.52. The van der Waals surface area contributed by atoms with Gasteiger partial charge in [0.25, 0.3) is 0 Å². The van der Waals surface area contributed by atoms with Crippen molar-refractivity contribution < 1.29 is 4.74 Å². The van der Waals surface area contributed by atoms with Crippen LogP contribution in [0.2, 0.25) is 0 Å². The molecule has 1 aliphatic rings. The number of ether oxygens (including phenoxy) is 1. The van der Waals surface area contributed by atoms with Crippen molar-refractivity contribution in [2.24, 2.45) is 0 Å². The minimum Gasteiger partial charge on any atom is -0.457 e. The number of aryl methyl sites for hydroxylation is 1. The van der Waals surface area contributed by atoms with E-state index in [9.17, 15) is 0 Å². The van der Waals surface area contributed by atoms with Crippen LogP contribution in [0.4, 0.5) is 11.5 Å². The Bertz CT molecular complexity index is 1720. The summed E-state index contributed by atoms with van der Waals surface area (Å²) < 4.78 is 7.80. The van der Waals surface area contributed by atoms with Crippen molar-refractivity contribution in [1.29, 1.82) is 0 Å². The molecule has 0 radical (unpaired) electrons. The van der Waals surface area contributed by atoms with E-state index in [4.69, 9.17) is 9.72 Å². The van der Waals surface area contributed by atoms with Gasteiger partial charge in [0, 0.05) is 36.7 Å². The van der Waals surface area contributed by atoms with E-state index in [0.717, 1.165) is 64.6 Å². The van der Waals surface area contributed by atoms with Gasteiger partial charge in [0.05, 0.1) is 11.2 Å². The van der Waals surface area contributed by atoms with Crippen LogP contribution in [0.25, 0.3) is 22.3 Å². The molecule has 0 atom stereocenters. The molecule has 1 aromatic carbocycles. The summed E-state index contributed by atoms with van der Waals surface area (Å²) in [5.41, 5.74) is 7.03. The quantitative estimate of drug-likeness (QED) is 0.283. The molecule has 0 bridgehead atoms. The Kier molecular flexibility index (Phi) is 6.01. The molecule has 0 aliphatic carbocycles. The van der Waals surface area contributed by atoms with E-state index in [-0.39, 0.29) is 0 Å². The number of fused-ring (bicyclic) bond motifs is 2. The van der Waals surface area contributed by atoms with E-state index < -0.39 is 0 Å². The summed E-state index contributed by atoms with van der Waals surface area (Å²) in [4.78, 5) is 20.3. The Morgan fingerprint density at radius 1 is 1.08 bits per heavy atom. The first-order valence-electron chi connectivity index (χ1n) is 12.3. The maximum absolute atomic E-state index is 6.11. The van der Waals surface area contributed by atoms with Gasteiger partial charge < -0.3 is 15.0 Å². The van der Waals surface area contributed by atoms with Crippen molar-refractivity contribution in [3.05, 3.63) is 104 Å². The summed E-state index contributed by atoms with van der Waals surface area (Å²) in [6.45, 7) is 11.6. The minimum absolute atomic E-state index is 0.644. The van der Waals surface area contributed by atoms with E-state index in [0.29, 0.717) is 17.1 Å². The highest BCUT2D eigenvalue weighted by Gasteiger charge is 2.17. The Hall–Kier alpha value is -5.05. The molecule has 9 nitrogen and oxygen atoms in total. The van der Waals surface area contributed by atoms with Gasteiger partial charge in [-0.1, -0.05) is 19.2 Å². The zero-order valence-corrected chi connectivity index (χ0v) is 21.0. The number of nitrogens with one attached hydrogen (secondary N) is 1. The SMILES string of the molecule is C=CC(=C)N1CCC=C(c2ccc3ncnc(Nc4ccc(Oc5ccn6ncnc6c5)c(C)c4)c3n2)C1. The number of rotatable bonds is 7. The molecule has 188 valence electrons. The molecule has 5 heterocycles. The van der Waals surface area contributed by atoms with Crippen LogP contribution in [0, 0.1) is 6.92 Å². The molecule has 1 N–H and O–H groups in total. The summed E-state index contributed by atoms with van der Waals surface area (Å²) in [7, 11) is 0. The predicted molar refractivity (Wildman–Crippen MR) is 148 cm³/mol. The normalized spacial score (nSPS) is 13.4. The van der Waals surface area contributed by atoms with Crippen molar-refractivity contribution in [2.75, 3.05) is 18.4 Å². The van der Waals surface area contributed by atoms with Gasteiger partial charge in [0.1, 0.15) is 29.7 Å². The molecule has 6 rings (SSSR count). The van der Waals surface area contributed by atoms with Crippen LogP contribution in [0.15, 0.2) is 92.3 Å². The molecule has 4 aromatic heterocycles. The average Bonchev–Trinajstić information content (AvgIpc) is 3.42. The summed E-state index contributed by atoms with van der Waals surface area (Å²) in [5, 5.41) is 7.53. The van der Waals surface area contributed by atoms with Gasteiger partial charge in [-0.2, -0.15) is 5.10 Å². The molecular weight excluding hydrogens is 476 g/mol. The lowest BCUT2D eigenvalue weighted by Crippen LogP contribution is -2.27. The molecule has 0 spiro atoms. The van der Waals surface area contributed by atoms with Crippen molar-refractivity contribution in [3.63, 3.8) is 0 Å². The Morgan fingerprint density at radius 2 is 2.00 bits per heavy atom. The molecule has 1 aliphatic heterocycles. The lowest BCUT2D eigenvalue weighted by Gasteiger charge is -2.29. The summed E-state index contributed by atoms with van der Waals surface area (Å²) in [6.07, 6.45) is 9.84. The fourth-order valence-corrected chi connectivity index (χ4v) is 4.48. The van der Waals surface area contributed by atoms with Gasteiger partial charge in [0.15, 0.2) is 11.5 Å². The number of nitrogens with zero attached hydrogens (tertiary/aromatic N) is 7. The first-order chi connectivity index (χ1) is 18.6.